The van der Waals surface area contributed by atoms with Crippen LogP contribution in [0.3, 0.4) is 0 Å². The van der Waals surface area contributed by atoms with Crippen LogP contribution >= 0.6 is 11.6 Å². The summed E-state index contributed by atoms with van der Waals surface area (Å²) in [6.45, 7) is 0. The molecule has 0 aliphatic carbocycles. The Hall–Kier alpha value is -2.48. The summed E-state index contributed by atoms with van der Waals surface area (Å²) in [5.41, 5.74) is 1.80. The zero-order valence-corrected chi connectivity index (χ0v) is 12.5. The van der Waals surface area contributed by atoms with Crippen LogP contribution < -0.4 is 10.2 Å². The first-order valence-electron chi connectivity index (χ1n) is 6.20. The van der Waals surface area contributed by atoms with E-state index in [0.717, 1.165) is 6.07 Å². The minimum atomic E-state index is -4.52. The summed E-state index contributed by atoms with van der Waals surface area (Å²) < 4.78 is 42.5. The van der Waals surface area contributed by atoms with Crippen LogP contribution in [0.2, 0.25) is 5.02 Å². The average Bonchev–Trinajstić information content (AvgIpc) is 2.49. The molecule has 1 aromatic heterocycles. The molecular formula is C14H11ClF3N3O2. The highest BCUT2D eigenvalue weighted by atomic mass is 35.5. The molecule has 0 radical (unpaired) electrons. The van der Waals surface area contributed by atoms with Gasteiger partial charge in [0.25, 0.3) is 0 Å². The molecule has 0 saturated heterocycles. The second kappa shape index (κ2) is 6.74. The minimum Gasteiger partial charge on any atom is -0.507 e. The molecule has 2 aromatic rings. The highest BCUT2D eigenvalue weighted by Gasteiger charge is 2.31. The number of methoxy groups -OCH3 is 1. The molecule has 5 nitrogen and oxygen atoms in total. The number of phenols is 1. The van der Waals surface area contributed by atoms with Crippen LogP contribution in [0, 0.1) is 0 Å². The quantitative estimate of drug-likeness (QED) is 0.651. The van der Waals surface area contributed by atoms with Crippen molar-refractivity contribution in [3.63, 3.8) is 0 Å². The van der Waals surface area contributed by atoms with Crippen molar-refractivity contribution in [2.75, 3.05) is 12.5 Å². The van der Waals surface area contributed by atoms with Gasteiger partial charge < -0.3 is 9.84 Å². The first-order chi connectivity index (χ1) is 10.8. The van der Waals surface area contributed by atoms with Crippen LogP contribution in [0.15, 0.2) is 35.6 Å². The molecule has 1 aromatic carbocycles. The van der Waals surface area contributed by atoms with Gasteiger partial charge in [0.2, 0.25) is 0 Å². The summed E-state index contributed by atoms with van der Waals surface area (Å²) in [4.78, 5) is 3.57. The molecule has 122 valence electrons. The molecule has 0 saturated carbocycles. The van der Waals surface area contributed by atoms with E-state index in [2.05, 4.69) is 15.5 Å². The SMILES string of the molecule is COc1ccc(O)c(/C=N/Nc2ncc(C(F)(F)F)cc2Cl)c1. The number of halogens is 4. The van der Waals surface area contributed by atoms with Gasteiger partial charge in [-0.3, -0.25) is 5.43 Å². The lowest BCUT2D eigenvalue weighted by molar-refractivity contribution is -0.137. The molecule has 2 N–H and O–H groups in total. The lowest BCUT2D eigenvalue weighted by Crippen LogP contribution is -2.06. The Morgan fingerprint density at radius 1 is 1.35 bits per heavy atom. The Balaban J connectivity index is 2.15. The monoisotopic (exact) mass is 345 g/mol. The number of aromatic hydroxyl groups is 1. The van der Waals surface area contributed by atoms with E-state index in [-0.39, 0.29) is 16.6 Å². The average molecular weight is 346 g/mol. The van der Waals surface area contributed by atoms with Crippen LogP contribution in [0.5, 0.6) is 11.5 Å². The molecule has 0 spiro atoms. The number of phenolic OH excluding ortho intramolecular Hbond substituents is 1. The normalized spacial score (nSPS) is 11.7. The molecule has 0 aliphatic heterocycles. The fourth-order valence-corrected chi connectivity index (χ4v) is 1.81. The number of hydrogen-bond acceptors (Lipinski definition) is 5. The predicted octanol–water partition coefficient (Wildman–Crippen LogP) is 3.91. The van der Waals surface area contributed by atoms with Gasteiger partial charge in [-0.15, -0.1) is 0 Å². The van der Waals surface area contributed by atoms with Crippen LogP contribution in [-0.2, 0) is 6.18 Å². The smallest absolute Gasteiger partial charge is 0.417 e. The van der Waals surface area contributed by atoms with Crippen LogP contribution in [0.4, 0.5) is 19.0 Å². The molecule has 0 atom stereocenters. The Morgan fingerprint density at radius 2 is 2.09 bits per heavy atom. The van der Waals surface area contributed by atoms with Gasteiger partial charge in [-0.1, -0.05) is 11.6 Å². The van der Waals surface area contributed by atoms with E-state index in [1.807, 2.05) is 0 Å². The first-order valence-corrected chi connectivity index (χ1v) is 6.58. The highest BCUT2D eigenvalue weighted by molar-refractivity contribution is 6.32. The van der Waals surface area contributed by atoms with Crippen LogP contribution in [0.25, 0.3) is 0 Å². The number of benzene rings is 1. The Kier molecular flexibility index (Phi) is 4.95. The second-order valence-electron chi connectivity index (χ2n) is 4.35. The number of aromatic nitrogens is 1. The third kappa shape index (κ3) is 4.26. The lowest BCUT2D eigenvalue weighted by Gasteiger charge is -2.08. The van der Waals surface area contributed by atoms with Gasteiger partial charge in [0.1, 0.15) is 11.5 Å². The third-order valence-corrected chi connectivity index (χ3v) is 3.07. The highest BCUT2D eigenvalue weighted by Crippen LogP contribution is 2.32. The number of rotatable bonds is 4. The molecule has 0 fully saturated rings. The van der Waals surface area contributed by atoms with Crippen molar-refractivity contribution < 1.29 is 23.0 Å². The second-order valence-corrected chi connectivity index (χ2v) is 4.75. The summed E-state index contributed by atoms with van der Waals surface area (Å²) in [6, 6.07) is 5.26. The van der Waals surface area contributed by atoms with Gasteiger partial charge in [0, 0.05) is 11.8 Å². The lowest BCUT2D eigenvalue weighted by atomic mass is 10.2. The zero-order chi connectivity index (χ0) is 17.0. The number of hydrazone groups is 1. The summed E-state index contributed by atoms with van der Waals surface area (Å²) in [5, 5.41) is 13.2. The maximum Gasteiger partial charge on any atom is 0.417 e. The van der Waals surface area contributed by atoms with E-state index >= 15 is 0 Å². The number of pyridine rings is 1. The number of ether oxygens (including phenoxy) is 1. The number of hydrogen-bond donors (Lipinski definition) is 2. The summed E-state index contributed by atoms with van der Waals surface area (Å²) >= 11 is 5.73. The third-order valence-electron chi connectivity index (χ3n) is 2.78. The maximum absolute atomic E-state index is 12.5. The minimum absolute atomic E-state index is 0.0391. The summed E-state index contributed by atoms with van der Waals surface area (Å²) in [7, 11) is 1.47. The number of anilines is 1. The molecular weight excluding hydrogens is 335 g/mol. The van der Waals surface area contributed by atoms with Gasteiger partial charge in [0.05, 0.1) is 23.9 Å². The number of alkyl halides is 3. The van der Waals surface area contributed by atoms with E-state index in [1.54, 1.807) is 6.07 Å². The molecule has 0 amide bonds. The molecule has 23 heavy (non-hydrogen) atoms. The van der Waals surface area contributed by atoms with Crippen molar-refractivity contribution in [1.29, 1.82) is 0 Å². The van der Waals surface area contributed by atoms with E-state index < -0.39 is 11.7 Å². The molecule has 2 rings (SSSR count). The maximum atomic E-state index is 12.5. The van der Waals surface area contributed by atoms with Gasteiger partial charge >= 0.3 is 6.18 Å². The van der Waals surface area contributed by atoms with Crippen molar-refractivity contribution >= 4 is 23.6 Å². The van der Waals surface area contributed by atoms with Gasteiger partial charge in [0.15, 0.2) is 5.82 Å². The molecule has 0 unspecified atom stereocenters. The number of nitrogens with zero attached hydrogens (tertiary/aromatic N) is 2. The van der Waals surface area contributed by atoms with Crippen LogP contribution in [-0.4, -0.2) is 23.4 Å². The molecule has 9 heteroatoms. The predicted molar refractivity (Wildman–Crippen MR) is 80.1 cm³/mol. The summed E-state index contributed by atoms with van der Waals surface area (Å²) in [5.74, 6) is 0.427. The van der Waals surface area contributed by atoms with Crippen molar-refractivity contribution in [2.24, 2.45) is 5.10 Å². The molecule has 0 aliphatic rings. The Labute approximate surface area is 134 Å². The van der Waals surface area contributed by atoms with Gasteiger partial charge in [-0.05, 0) is 24.3 Å². The van der Waals surface area contributed by atoms with Gasteiger partial charge in [-0.25, -0.2) is 4.98 Å². The summed E-state index contributed by atoms with van der Waals surface area (Å²) in [6.07, 6.45) is -2.62. The standard InChI is InChI=1S/C14H11ClF3N3O2/c1-23-10-2-3-12(22)8(4-10)6-20-21-13-11(15)5-9(7-19-13)14(16,17)18/h2-7,22H,1H3,(H,19,21)/b20-6+. The van der Waals surface area contributed by atoms with Gasteiger partial charge in [-0.2, -0.15) is 18.3 Å². The van der Waals surface area contributed by atoms with E-state index in [9.17, 15) is 18.3 Å². The fourth-order valence-electron chi connectivity index (χ4n) is 1.60. The van der Waals surface area contributed by atoms with Crippen molar-refractivity contribution in [3.8, 4) is 11.5 Å². The zero-order valence-electron chi connectivity index (χ0n) is 11.7. The fraction of sp³-hybridized carbons (Fsp3) is 0.143. The topological polar surface area (TPSA) is 66.7 Å². The molecule has 1 heterocycles. The van der Waals surface area contributed by atoms with Crippen molar-refractivity contribution in [3.05, 3.63) is 46.6 Å². The van der Waals surface area contributed by atoms with E-state index in [1.165, 1.54) is 25.5 Å². The Bertz CT molecular complexity index is 736. The molecule has 0 bridgehead atoms. The Morgan fingerprint density at radius 3 is 2.70 bits per heavy atom. The van der Waals surface area contributed by atoms with E-state index in [4.69, 9.17) is 16.3 Å². The van der Waals surface area contributed by atoms with Crippen LogP contribution in [0.1, 0.15) is 11.1 Å². The first kappa shape index (κ1) is 16.9. The van der Waals surface area contributed by atoms with E-state index in [0.29, 0.717) is 17.5 Å². The van der Waals surface area contributed by atoms with Crippen molar-refractivity contribution in [1.82, 2.24) is 4.98 Å². The van der Waals surface area contributed by atoms with Crippen molar-refractivity contribution in [2.45, 2.75) is 6.18 Å². The number of nitrogens with one attached hydrogen (secondary N) is 1. The largest absolute Gasteiger partial charge is 0.507 e.